The third kappa shape index (κ3) is 3.23. The number of ether oxygens (including phenoxy) is 1. The summed E-state index contributed by atoms with van der Waals surface area (Å²) in [6.07, 6.45) is -0.711. The zero-order valence-electron chi connectivity index (χ0n) is 11.7. The number of thiazole rings is 1. The number of rotatable bonds is 4. The fourth-order valence-electron chi connectivity index (χ4n) is 1.90. The highest BCUT2D eigenvalue weighted by Crippen LogP contribution is 2.25. The van der Waals surface area contributed by atoms with Gasteiger partial charge in [-0.1, -0.05) is 23.5 Å². The number of halogens is 1. The van der Waals surface area contributed by atoms with Gasteiger partial charge in [0.25, 0.3) is 5.91 Å². The lowest BCUT2D eigenvalue weighted by atomic mass is 10.3. The second-order valence-corrected chi connectivity index (χ2v) is 5.72. The molecule has 2 aromatic carbocycles. The topological polar surface area (TPSA) is 51.2 Å². The van der Waals surface area contributed by atoms with Crippen molar-refractivity contribution in [1.82, 2.24) is 4.98 Å². The van der Waals surface area contributed by atoms with Crippen LogP contribution in [0.25, 0.3) is 10.2 Å². The van der Waals surface area contributed by atoms with Gasteiger partial charge in [-0.2, -0.15) is 0 Å². The third-order valence-electron chi connectivity index (χ3n) is 3.02. The summed E-state index contributed by atoms with van der Waals surface area (Å²) in [5.74, 6) is -0.212. The summed E-state index contributed by atoms with van der Waals surface area (Å²) in [5, 5.41) is 3.26. The highest BCUT2D eigenvalue weighted by Gasteiger charge is 2.16. The molecule has 0 saturated carbocycles. The summed E-state index contributed by atoms with van der Waals surface area (Å²) in [6, 6.07) is 13.2. The molecule has 22 heavy (non-hydrogen) atoms. The second kappa shape index (κ2) is 6.11. The summed E-state index contributed by atoms with van der Waals surface area (Å²) < 4.78 is 19.3. The summed E-state index contributed by atoms with van der Waals surface area (Å²) in [4.78, 5) is 16.5. The molecule has 0 radical (unpaired) electrons. The number of hydrogen-bond acceptors (Lipinski definition) is 4. The lowest BCUT2D eigenvalue weighted by Crippen LogP contribution is -2.30. The lowest BCUT2D eigenvalue weighted by Gasteiger charge is -2.13. The van der Waals surface area contributed by atoms with E-state index in [1.54, 1.807) is 6.92 Å². The minimum atomic E-state index is -0.711. The molecular weight excluding hydrogens is 303 g/mol. The van der Waals surface area contributed by atoms with Crippen LogP contribution >= 0.6 is 11.3 Å². The highest BCUT2D eigenvalue weighted by atomic mass is 32.1. The predicted molar refractivity (Wildman–Crippen MR) is 84.7 cm³/mol. The minimum Gasteiger partial charge on any atom is -0.481 e. The van der Waals surface area contributed by atoms with Crippen molar-refractivity contribution in [3.05, 3.63) is 54.3 Å². The largest absolute Gasteiger partial charge is 0.481 e. The van der Waals surface area contributed by atoms with Crippen LogP contribution in [0, 0.1) is 5.82 Å². The van der Waals surface area contributed by atoms with Crippen LogP contribution in [-0.4, -0.2) is 17.0 Å². The van der Waals surface area contributed by atoms with Gasteiger partial charge in [-0.05, 0) is 43.3 Å². The summed E-state index contributed by atoms with van der Waals surface area (Å²) in [5.41, 5.74) is 0.843. The van der Waals surface area contributed by atoms with Gasteiger partial charge < -0.3 is 4.74 Å². The number of carbonyl (C=O) groups is 1. The molecule has 1 heterocycles. The minimum absolute atomic E-state index is 0.302. The lowest BCUT2D eigenvalue weighted by molar-refractivity contribution is -0.122. The number of para-hydroxylation sites is 1. The van der Waals surface area contributed by atoms with Crippen LogP contribution in [0.15, 0.2) is 48.5 Å². The van der Waals surface area contributed by atoms with Gasteiger partial charge in [0.1, 0.15) is 11.6 Å². The molecule has 0 saturated heterocycles. The van der Waals surface area contributed by atoms with Gasteiger partial charge in [-0.15, -0.1) is 0 Å². The van der Waals surface area contributed by atoms with Crippen molar-refractivity contribution in [2.24, 2.45) is 0 Å². The monoisotopic (exact) mass is 316 g/mol. The first-order valence-corrected chi connectivity index (χ1v) is 7.52. The van der Waals surface area contributed by atoms with E-state index in [0.717, 1.165) is 10.2 Å². The third-order valence-corrected chi connectivity index (χ3v) is 3.97. The first-order chi connectivity index (χ1) is 10.6. The van der Waals surface area contributed by atoms with Crippen molar-refractivity contribution >= 4 is 32.6 Å². The Morgan fingerprint density at radius 1 is 1.23 bits per heavy atom. The van der Waals surface area contributed by atoms with Crippen molar-refractivity contribution in [2.45, 2.75) is 13.0 Å². The standard InChI is InChI=1S/C16H13FN2O2S/c1-10(21-12-8-6-11(17)7-9-12)15(20)19-16-18-13-4-2-3-5-14(13)22-16/h2-10H,1H3,(H,18,19,20)/t10-/m1/s1. The van der Waals surface area contributed by atoms with Crippen LogP contribution < -0.4 is 10.1 Å². The molecule has 3 rings (SSSR count). The molecule has 0 fully saturated rings. The summed E-state index contributed by atoms with van der Waals surface area (Å²) in [6.45, 7) is 1.63. The van der Waals surface area contributed by atoms with Crippen molar-refractivity contribution in [3.8, 4) is 5.75 Å². The van der Waals surface area contributed by atoms with Crippen LogP contribution in [0.4, 0.5) is 9.52 Å². The summed E-state index contributed by atoms with van der Waals surface area (Å²) >= 11 is 1.40. The molecule has 1 aromatic heterocycles. The van der Waals surface area contributed by atoms with Crippen LogP contribution in [0.3, 0.4) is 0 Å². The van der Waals surface area contributed by atoms with Gasteiger partial charge in [-0.3, -0.25) is 10.1 Å². The van der Waals surface area contributed by atoms with Crippen molar-refractivity contribution in [2.75, 3.05) is 5.32 Å². The maximum atomic E-state index is 12.8. The number of benzene rings is 2. The quantitative estimate of drug-likeness (QED) is 0.795. The Morgan fingerprint density at radius 2 is 1.95 bits per heavy atom. The molecule has 1 amide bonds. The second-order valence-electron chi connectivity index (χ2n) is 4.69. The number of amides is 1. The van der Waals surface area contributed by atoms with Gasteiger partial charge in [-0.25, -0.2) is 9.37 Å². The average Bonchev–Trinajstić information content (AvgIpc) is 2.91. The Kier molecular flexibility index (Phi) is 4.02. The average molecular weight is 316 g/mol. The number of nitrogens with one attached hydrogen (secondary N) is 1. The molecule has 0 bridgehead atoms. The molecule has 1 N–H and O–H groups in total. The maximum Gasteiger partial charge on any atom is 0.266 e. The Hall–Kier alpha value is -2.47. The Morgan fingerprint density at radius 3 is 2.68 bits per heavy atom. The van der Waals surface area contributed by atoms with E-state index >= 15 is 0 Å². The molecule has 0 aliphatic heterocycles. The predicted octanol–water partition coefficient (Wildman–Crippen LogP) is 3.84. The normalized spacial score (nSPS) is 12.1. The molecule has 4 nitrogen and oxygen atoms in total. The molecule has 6 heteroatoms. The van der Waals surface area contributed by atoms with E-state index in [2.05, 4.69) is 10.3 Å². The van der Waals surface area contributed by atoms with Crippen LogP contribution in [0.1, 0.15) is 6.92 Å². The van der Waals surface area contributed by atoms with E-state index in [4.69, 9.17) is 4.74 Å². The zero-order valence-corrected chi connectivity index (χ0v) is 12.6. The van der Waals surface area contributed by atoms with Crippen LogP contribution in [-0.2, 0) is 4.79 Å². The molecule has 0 spiro atoms. The molecule has 0 aliphatic carbocycles. The van der Waals surface area contributed by atoms with E-state index in [9.17, 15) is 9.18 Å². The van der Waals surface area contributed by atoms with Crippen molar-refractivity contribution in [3.63, 3.8) is 0 Å². The van der Waals surface area contributed by atoms with Crippen molar-refractivity contribution in [1.29, 1.82) is 0 Å². The smallest absolute Gasteiger partial charge is 0.266 e. The number of fused-ring (bicyclic) bond motifs is 1. The number of hydrogen-bond donors (Lipinski definition) is 1. The molecular formula is C16H13FN2O2S. The van der Waals surface area contributed by atoms with Gasteiger partial charge in [0, 0.05) is 0 Å². The van der Waals surface area contributed by atoms with Gasteiger partial charge in [0.2, 0.25) is 0 Å². The first-order valence-electron chi connectivity index (χ1n) is 6.70. The first kappa shape index (κ1) is 14.5. The van der Waals surface area contributed by atoms with Crippen LogP contribution in [0.5, 0.6) is 5.75 Å². The van der Waals surface area contributed by atoms with E-state index in [1.165, 1.54) is 35.6 Å². The molecule has 112 valence electrons. The Labute approximate surface area is 130 Å². The highest BCUT2D eigenvalue weighted by molar-refractivity contribution is 7.22. The van der Waals surface area contributed by atoms with Gasteiger partial charge in [0.15, 0.2) is 11.2 Å². The SMILES string of the molecule is C[C@@H](Oc1ccc(F)cc1)C(=O)Nc1nc2ccccc2s1. The molecule has 3 aromatic rings. The number of carbonyl (C=O) groups excluding carboxylic acids is 1. The fourth-order valence-corrected chi connectivity index (χ4v) is 2.77. The number of aromatic nitrogens is 1. The Bertz CT molecular complexity index is 768. The van der Waals surface area contributed by atoms with Gasteiger partial charge in [0.05, 0.1) is 10.2 Å². The molecule has 0 aliphatic rings. The fraction of sp³-hybridized carbons (Fsp3) is 0.125. The van der Waals surface area contributed by atoms with Crippen LogP contribution in [0.2, 0.25) is 0 Å². The molecule has 0 unspecified atom stereocenters. The maximum absolute atomic E-state index is 12.8. The molecule has 1 atom stereocenters. The van der Waals surface area contributed by atoms with E-state index in [-0.39, 0.29) is 11.7 Å². The van der Waals surface area contributed by atoms with Gasteiger partial charge >= 0.3 is 0 Å². The summed E-state index contributed by atoms with van der Waals surface area (Å²) in [7, 11) is 0. The Balaban J connectivity index is 1.66. The number of nitrogens with zero attached hydrogens (tertiary/aromatic N) is 1. The van der Waals surface area contributed by atoms with E-state index < -0.39 is 6.10 Å². The van der Waals surface area contributed by atoms with Crippen molar-refractivity contribution < 1.29 is 13.9 Å². The zero-order chi connectivity index (χ0) is 15.5. The van der Waals surface area contributed by atoms with E-state index in [1.807, 2.05) is 24.3 Å². The number of anilines is 1. The van der Waals surface area contributed by atoms with E-state index in [0.29, 0.717) is 10.9 Å².